The first-order chi connectivity index (χ1) is 8.99. The first kappa shape index (κ1) is 13.8. The molecule has 1 unspecified atom stereocenters. The molecule has 0 fully saturated rings. The summed E-state index contributed by atoms with van der Waals surface area (Å²) < 4.78 is 30.7. The van der Waals surface area contributed by atoms with Crippen LogP contribution in [0.15, 0.2) is 34.9 Å². The zero-order valence-corrected chi connectivity index (χ0v) is 11.6. The van der Waals surface area contributed by atoms with E-state index in [-0.39, 0.29) is 11.8 Å². The van der Waals surface area contributed by atoms with Crippen molar-refractivity contribution < 1.29 is 13.5 Å². The van der Waals surface area contributed by atoms with Gasteiger partial charge in [-0.05, 0) is 40.5 Å². The fraction of sp³-hybridized carbons (Fsp3) is 0.250. The Hall–Kier alpha value is -1.63. The van der Waals surface area contributed by atoms with Gasteiger partial charge in [0, 0.05) is 0 Å². The Morgan fingerprint density at radius 3 is 2.42 bits per heavy atom. The number of nitrogens with two attached hydrogens (primary N) is 1. The van der Waals surface area contributed by atoms with E-state index in [9.17, 15) is 8.78 Å². The smallest absolute Gasteiger partial charge is 0.387 e. The minimum atomic E-state index is -2.82. The molecule has 0 bridgehead atoms. The zero-order valence-electron chi connectivity index (χ0n) is 10.1. The quantitative estimate of drug-likeness (QED) is 0.933. The van der Waals surface area contributed by atoms with Crippen LogP contribution in [0, 0.1) is 0 Å². The highest BCUT2D eigenvalue weighted by atomic mass is 79.9. The van der Waals surface area contributed by atoms with Gasteiger partial charge in [0.05, 0.1) is 16.7 Å². The van der Waals surface area contributed by atoms with Crippen molar-refractivity contribution in [3.63, 3.8) is 0 Å². The van der Waals surface area contributed by atoms with Gasteiger partial charge < -0.3 is 10.5 Å². The van der Waals surface area contributed by atoms with Gasteiger partial charge in [0.15, 0.2) is 0 Å². The second kappa shape index (κ2) is 5.56. The molecule has 0 radical (unpaired) electrons. The van der Waals surface area contributed by atoms with E-state index in [1.165, 1.54) is 12.1 Å². The van der Waals surface area contributed by atoms with Crippen LogP contribution in [-0.4, -0.2) is 16.4 Å². The van der Waals surface area contributed by atoms with Crippen LogP contribution in [0.3, 0.4) is 0 Å². The summed E-state index contributed by atoms with van der Waals surface area (Å²) in [4.78, 5) is 0. The maximum absolute atomic E-state index is 12.0. The highest BCUT2D eigenvalue weighted by molar-refractivity contribution is 9.10. The van der Waals surface area contributed by atoms with Crippen LogP contribution in [0.5, 0.6) is 5.75 Å². The molecule has 1 aromatic heterocycles. The van der Waals surface area contributed by atoms with Crippen LogP contribution in [0.25, 0.3) is 0 Å². The van der Waals surface area contributed by atoms with Crippen LogP contribution in [-0.2, 0) is 0 Å². The normalized spacial score (nSPS) is 12.7. The first-order valence-electron chi connectivity index (χ1n) is 5.52. The van der Waals surface area contributed by atoms with Crippen molar-refractivity contribution in [2.75, 3.05) is 5.73 Å². The fourth-order valence-corrected chi connectivity index (χ4v) is 2.00. The molecule has 4 nitrogen and oxygen atoms in total. The van der Waals surface area contributed by atoms with Crippen LogP contribution >= 0.6 is 15.9 Å². The number of halogens is 3. The van der Waals surface area contributed by atoms with Crippen LogP contribution in [0.4, 0.5) is 14.6 Å². The molecule has 0 spiro atoms. The van der Waals surface area contributed by atoms with Gasteiger partial charge in [0.25, 0.3) is 0 Å². The summed E-state index contributed by atoms with van der Waals surface area (Å²) in [5.74, 6) is 0.640. The molecule has 1 atom stereocenters. The summed E-state index contributed by atoms with van der Waals surface area (Å²) in [7, 11) is 0. The number of alkyl halides is 2. The molecular weight excluding hydrogens is 320 g/mol. The summed E-state index contributed by atoms with van der Waals surface area (Å²) in [6, 6.07) is 6.29. The second-order valence-corrected chi connectivity index (χ2v) is 4.80. The van der Waals surface area contributed by atoms with Gasteiger partial charge in [-0.15, -0.1) is 0 Å². The molecule has 0 aliphatic rings. The molecule has 0 saturated heterocycles. The molecule has 0 aliphatic carbocycles. The molecule has 7 heteroatoms. The lowest BCUT2D eigenvalue weighted by Gasteiger charge is -2.15. The van der Waals surface area contributed by atoms with Crippen LogP contribution < -0.4 is 10.5 Å². The van der Waals surface area contributed by atoms with E-state index in [1.54, 1.807) is 23.0 Å². The van der Waals surface area contributed by atoms with Crippen LogP contribution in [0.2, 0.25) is 0 Å². The number of aromatic nitrogens is 2. The van der Waals surface area contributed by atoms with Crippen molar-refractivity contribution in [2.24, 2.45) is 0 Å². The Morgan fingerprint density at radius 2 is 1.95 bits per heavy atom. The number of nitrogen functional groups attached to an aromatic ring is 1. The number of hydrogen-bond donors (Lipinski definition) is 1. The second-order valence-electron chi connectivity index (χ2n) is 3.95. The van der Waals surface area contributed by atoms with Gasteiger partial charge in [0.1, 0.15) is 11.6 Å². The Bertz CT molecular complexity index is 557. The maximum atomic E-state index is 12.0. The van der Waals surface area contributed by atoms with Gasteiger partial charge in [-0.3, -0.25) is 0 Å². The predicted molar refractivity (Wildman–Crippen MR) is 71.2 cm³/mol. The Morgan fingerprint density at radius 1 is 1.32 bits per heavy atom. The standard InChI is InChI=1S/C12H12BrF2N3O/c1-7(18-11(16)10(13)6-17-18)8-2-4-9(5-3-8)19-12(14)15/h2-7,12H,16H2,1H3. The first-order valence-corrected chi connectivity index (χ1v) is 6.31. The van der Waals surface area contributed by atoms with E-state index in [2.05, 4.69) is 25.8 Å². The van der Waals surface area contributed by atoms with Crippen molar-refractivity contribution in [2.45, 2.75) is 19.6 Å². The maximum Gasteiger partial charge on any atom is 0.387 e. The molecule has 2 N–H and O–H groups in total. The molecular formula is C12H12BrF2N3O. The number of benzene rings is 1. The summed E-state index contributed by atoms with van der Waals surface area (Å²) >= 11 is 3.28. The molecule has 0 saturated carbocycles. The molecule has 0 amide bonds. The molecule has 19 heavy (non-hydrogen) atoms. The Kier molecular flexibility index (Phi) is 4.04. The van der Waals surface area contributed by atoms with Gasteiger partial charge in [-0.2, -0.15) is 13.9 Å². The van der Waals surface area contributed by atoms with Crippen molar-refractivity contribution in [3.05, 3.63) is 40.5 Å². The van der Waals surface area contributed by atoms with Crippen molar-refractivity contribution in [1.82, 2.24) is 9.78 Å². The lowest BCUT2D eigenvalue weighted by atomic mass is 10.1. The number of rotatable bonds is 4. The third kappa shape index (κ3) is 3.04. The highest BCUT2D eigenvalue weighted by Gasteiger charge is 2.14. The Labute approximate surface area is 117 Å². The topological polar surface area (TPSA) is 53.1 Å². The van der Waals surface area contributed by atoms with E-state index < -0.39 is 6.61 Å². The van der Waals surface area contributed by atoms with Crippen molar-refractivity contribution in [3.8, 4) is 5.75 Å². The summed E-state index contributed by atoms with van der Waals surface area (Å²) in [5, 5.41) is 4.16. The third-order valence-corrected chi connectivity index (χ3v) is 3.35. The SMILES string of the molecule is CC(c1ccc(OC(F)F)cc1)n1ncc(Br)c1N. The summed E-state index contributed by atoms with van der Waals surface area (Å²) in [6.45, 7) is -0.903. The Balaban J connectivity index is 2.20. The number of anilines is 1. The van der Waals surface area contributed by atoms with E-state index in [4.69, 9.17) is 5.73 Å². The van der Waals surface area contributed by atoms with E-state index >= 15 is 0 Å². The van der Waals surface area contributed by atoms with E-state index in [1.807, 2.05) is 6.92 Å². The zero-order chi connectivity index (χ0) is 14.0. The molecule has 102 valence electrons. The highest BCUT2D eigenvalue weighted by Crippen LogP contribution is 2.27. The molecule has 1 heterocycles. The van der Waals surface area contributed by atoms with E-state index in [0.29, 0.717) is 5.82 Å². The average molecular weight is 332 g/mol. The predicted octanol–water partition coefficient (Wildman–Crippen LogP) is 3.44. The number of hydrogen-bond acceptors (Lipinski definition) is 3. The summed E-state index contributed by atoms with van der Waals surface area (Å²) in [6.07, 6.45) is 1.61. The van der Waals surface area contributed by atoms with Crippen LogP contribution in [0.1, 0.15) is 18.5 Å². The molecule has 2 rings (SSSR count). The van der Waals surface area contributed by atoms with Gasteiger partial charge >= 0.3 is 6.61 Å². The number of ether oxygens (including phenoxy) is 1. The van der Waals surface area contributed by atoms with Crippen molar-refractivity contribution in [1.29, 1.82) is 0 Å². The van der Waals surface area contributed by atoms with E-state index in [0.717, 1.165) is 10.0 Å². The lowest BCUT2D eigenvalue weighted by Crippen LogP contribution is -2.11. The minimum absolute atomic E-state index is 0.105. The number of nitrogens with zero attached hydrogens (tertiary/aromatic N) is 2. The third-order valence-electron chi connectivity index (χ3n) is 2.74. The minimum Gasteiger partial charge on any atom is -0.435 e. The van der Waals surface area contributed by atoms with Gasteiger partial charge in [-0.1, -0.05) is 12.1 Å². The van der Waals surface area contributed by atoms with Gasteiger partial charge in [0.2, 0.25) is 0 Å². The molecule has 0 aliphatic heterocycles. The fourth-order valence-electron chi connectivity index (χ4n) is 1.73. The molecule has 2 aromatic rings. The monoisotopic (exact) mass is 331 g/mol. The summed E-state index contributed by atoms with van der Waals surface area (Å²) in [5.41, 5.74) is 6.76. The average Bonchev–Trinajstić information content (AvgIpc) is 2.69. The van der Waals surface area contributed by atoms with Gasteiger partial charge in [-0.25, -0.2) is 4.68 Å². The lowest BCUT2D eigenvalue weighted by molar-refractivity contribution is -0.0498. The van der Waals surface area contributed by atoms with Crippen molar-refractivity contribution >= 4 is 21.7 Å². The largest absolute Gasteiger partial charge is 0.435 e. The molecule has 1 aromatic carbocycles.